The molecule has 0 saturated carbocycles. The van der Waals surface area contributed by atoms with Gasteiger partial charge in [0.05, 0.1) is 0 Å². The van der Waals surface area contributed by atoms with Gasteiger partial charge in [-0.2, -0.15) is 0 Å². The molecule has 4 heteroatoms. The van der Waals surface area contributed by atoms with Gasteiger partial charge in [0.2, 0.25) is 0 Å². The van der Waals surface area contributed by atoms with E-state index in [2.05, 4.69) is 5.32 Å². The van der Waals surface area contributed by atoms with E-state index in [1.165, 1.54) is 7.11 Å². The number of rotatable bonds is 3. The first kappa shape index (κ1) is 12.0. The summed E-state index contributed by atoms with van der Waals surface area (Å²) in [7, 11) is 1.49. The molecule has 0 spiro atoms. The van der Waals surface area contributed by atoms with Crippen molar-refractivity contribution < 1.29 is 9.53 Å². The van der Waals surface area contributed by atoms with E-state index in [0.29, 0.717) is 10.7 Å². The molecule has 15 heavy (non-hydrogen) atoms. The number of methoxy groups -OCH3 is 1. The van der Waals surface area contributed by atoms with Gasteiger partial charge in [0.1, 0.15) is 6.10 Å². The van der Waals surface area contributed by atoms with Crippen molar-refractivity contribution in [3.63, 3.8) is 0 Å². The van der Waals surface area contributed by atoms with Gasteiger partial charge in [0.25, 0.3) is 5.91 Å². The number of ether oxygens (including phenoxy) is 1. The first-order valence-electron chi connectivity index (χ1n) is 4.64. The van der Waals surface area contributed by atoms with Gasteiger partial charge in [-0.05, 0) is 31.5 Å². The molecule has 0 aliphatic rings. The van der Waals surface area contributed by atoms with Crippen molar-refractivity contribution in [2.45, 2.75) is 20.0 Å². The van der Waals surface area contributed by atoms with Gasteiger partial charge in [-0.1, -0.05) is 17.7 Å². The van der Waals surface area contributed by atoms with E-state index in [1.807, 2.05) is 19.1 Å². The van der Waals surface area contributed by atoms with Crippen LogP contribution in [0.5, 0.6) is 0 Å². The summed E-state index contributed by atoms with van der Waals surface area (Å²) >= 11 is 5.93. The molecule has 0 fully saturated rings. The Morgan fingerprint density at radius 2 is 2.20 bits per heavy atom. The highest BCUT2D eigenvalue weighted by Gasteiger charge is 2.11. The van der Waals surface area contributed by atoms with E-state index in [-0.39, 0.29) is 5.91 Å². The Morgan fingerprint density at radius 3 is 2.73 bits per heavy atom. The number of halogens is 1. The molecule has 0 aliphatic heterocycles. The van der Waals surface area contributed by atoms with Crippen molar-refractivity contribution in [1.29, 1.82) is 0 Å². The third-order valence-corrected chi connectivity index (χ3v) is 2.57. The SMILES string of the molecule is COC(C)C(=O)Nc1ccc(C)c(Cl)c1. The van der Waals surface area contributed by atoms with Gasteiger partial charge in [0, 0.05) is 17.8 Å². The number of hydrogen-bond acceptors (Lipinski definition) is 2. The maximum Gasteiger partial charge on any atom is 0.253 e. The molecule has 1 aromatic carbocycles. The van der Waals surface area contributed by atoms with Gasteiger partial charge in [-0.3, -0.25) is 4.79 Å². The third-order valence-electron chi connectivity index (χ3n) is 2.16. The van der Waals surface area contributed by atoms with E-state index in [4.69, 9.17) is 16.3 Å². The lowest BCUT2D eigenvalue weighted by atomic mass is 10.2. The van der Waals surface area contributed by atoms with Crippen molar-refractivity contribution >= 4 is 23.2 Å². The Kier molecular flexibility index (Phi) is 4.12. The molecule has 1 atom stereocenters. The fraction of sp³-hybridized carbons (Fsp3) is 0.364. The highest BCUT2D eigenvalue weighted by molar-refractivity contribution is 6.31. The largest absolute Gasteiger partial charge is 0.372 e. The number of aryl methyl sites for hydroxylation is 1. The van der Waals surface area contributed by atoms with E-state index in [9.17, 15) is 4.79 Å². The summed E-state index contributed by atoms with van der Waals surface area (Å²) < 4.78 is 4.89. The summed E-state index contributed by atoms with van der Waals surface area (Å²) in [4.78, 5) is 11.5. The van der Waals surface area contributed by atoms with Crippen LogP contribution in [0.1, 0.15) is 12.5 Å². The number of benzene rings is 1. The standard InChI is InChI=1S/C11H14ClNO2/c1-7-4-5-9(6-10(7)12)13-11(14)8(2)15-3/h4-6,8H,1-3H3,(H,13,14). The molecule has 0 aromatic heterocycles. The molecule has 1 amide bonds. The Balaban J connectivity index is 2.73. The van der Waals surface area contributed by atoms with Gasteiger partial charge in [-0.25, -0.2) is 0 Å². The number of nitrogens with one attached hydrogen (secondary N) is 1. The highest BCUT2D eigenvalue weighted by Crippen LogP contribution is 2.20. The van der Waals surface area contributed by atoms with Gasteiger partial charge >= 0.3 is 0 Å². The van der Waals surface area contributed by atoms with Crippen molar-refractivity contribution in [3.8, 4) is 0 Å². The Hall–Kier alpha value is -1.06. The van der Waals surface area contributed by atoms with Crippen LogP contribution in [0.3, 0.4) is 0 Å². The second kappa shape index (κ2) is 5.14. The second-order valence-corrected chi connectivity index (χ2v) is 3.74. The summed E-state index contributed by atoms with van der Waals surface area (Å²) in [5, 5.41) is 3.35. The van der Waals surface area contributed by atoms with E-state index in [0.717, 1.165) is 5.56 Å². The molecule has 0 heterocycles. The summed E-state index contributed by atoms with van der Waals surface area (Å²) in [5.41, 5.74) is 1.66. The van der Waals surface area contributed by atoms with E-state index >= 15 is 0 Å². The molecule has 3 nitrogen and oxygen atoms in total. The van der Waals surface area contributed by atoms with Gasteiger partial charge in [0.15, 0.2) is 0 Å². The monoisotopic (exact) mass is 227 g/mol. The topological polar surface area (TPSA) is 38.3 Å². The number of anilines is 1. The lowest BCUT2D eigenvalue weighted by molar-refractivity contribution is -0.124. The Morgan fingerprint density at radius 1 is 1.53 bits per heavy atom. The zero-order valence-electron chi connectivity index (χ0n) is 9.00. The minimum atomic E-state index is -0.468. The van der Waals surface area contributed by atoms with Crippen LogP contribution in [0.15, 0.2) is 18.2 Å². The van der Waals surface area contributed by atoms with Gasteiger partial charge < -0.3 is 10.1 Å². The Bertz CT molecular complexity index is 366. The number of amides is 1. The first-order chi connectivity index (χ1) is 7.04. The maximum atomic E-state index is 11.5. The quantitative estimate of drug-likeness (QED) is 0.862. The molecule has 0 radical (unpaired) electrons. The van der Waals surface area contributed by atoms with Crippen LogP contribution in [0.2, 0.25) is 5.02 Å². The minimum Gasteiger partial charge on any atom is -0.372 e. The normalized spacial score (nSPS) is 12.3. The highest BCUT2D eigenvalue weighted by atomic mass is 35.5. The number of carbonyl (C=O) groups is 1. The van der Waals surface area contributed by atoms with Crippen molar-refractivity contribution in [2.24, 2.45) is 0 Å². The molecule has 1 aromatic rings. The molecule has 0 aliphatic carbocycles. The maximum absolute atomic E-state index is 11.5. The van der Waals surface area contributed by atoms with E-state index < -0.39 is 6.10 Å². The first-order valence-corrected chi connectivity index (χ1v) is 5.02. The molecular weight excluding hydrogens is 214 g/mol. The Labute approximate surface area is 94.4 Å². The van der Waals surface area contributed by atoms with Crippen LogP contribution in [-0.2, 0) is 9.53 Å². The number of hydrogen-bond donors (Lipinski definition) is 1. The molecule has 1 N–H and O–H groups in total. The summed E-state index contributed by atoms with van der Waals surface area (Å²) in [5.74, 6) is -0.183. The molecule has 1 rings (SSSR count). The predicted molar refractivity (Wildman–Crippen MR) is 61.3 cm³/mol. The summed E-state index contributed by atoms with van der Waals surface area (Å²) in [6.07, 6.45) is -0.468. The zero-order valence-corrected chi connectivity index (χ0v) is 9.76. The molecular formula is C11H14ClNO2. The van der Waals surface area contributed by atoms with Crippen LogP contribution >= 0.6 is 11.6 Å². The average molecular weight is 228 g/mol. The van der Waals surface area contributed by atoms with Crippen LogP contribution in [0.4, 0.5) is 5.69 Å². The van der Waals surface area contributed by atoms with Crippen molar-refractivity contribution in [1.82, 2.24) is 0 Å². The number of carbonyl (C=O) groups excluding carboxylic acids is 1. The van der Waals surface area contributed by atoms with Crippen LogP contribution < -0.4 is 5.32 Å². The lowest BCUT2D eigenvalue weighted by Crippen LogP contribution is -2.26. The summed E-state index contributed by atoms with van der Waals surface area (Å²) in [6.45, 7) is 3.59. The fourth-order valence-corrected chi connectivity index (χ4v) is 1.20. The zero-order chi connectivity index (χ0) is 11.4. The summed E-state index contributed by atoms with van der Waals surface area (Å²) in [6, 6.07) is 5.38. The molecule has 0 bridgehead atoms. The predicted octanol–water partition coefficient (Wildman–Crippen LogP) is 2.62. The van der Waals surface area contributed by atoms with Crippen LogP contribution in [-0.4, -0.2) is 19.1 Å². The lowest BCUT2D eigenvalue weighted by Gasteiger charge is -2.10. The average Bonchev–Trinajstić information content (AvgIpc) is 2.22. The molecule has 82 valence electrons. The van der Waals surface area contributed by atoms with Crippen molar-refractivity contribution in [3.05, 3.63) is 28.8 Å². The van der Waals surface area contributed by atoms with E-state index in [1.54, 1.807) is 13.0 Å². The second-order valence-electron chi connectivity index (χ2n) is 3.33. The third kappa shape index (κ3) is 3.22. The fourth-order valence-electron chi connectivity index (χ4n) is 1.02. The van der Waals surface area contributed by atoms with Crippen molar-refractivity contribution in [2.75, 3.05) is 12.4 Å². The molecule has 1 unspecified atom stereocenters. The van der Waals surface area contributed by atoms with Crippen LogP contribution in [0, 0.1) is 6.92 Å². The van der Waals surface area contributed by atoms with Gasteiger partial charge in [-0.15, -0.1) is 0 Å². The van der Waals surface area contributed by atoms with Crippen LogP contribution in [0.25, 0.3) is 0 Å². The molecule has 0 saturated heterocycles. The smallest absolute Gasteiger partial charge is 0.253 e. The minimum absolute atomic E-state index is 0.183.